The fourth-order valence-electron chi connectivity index (χ4n) is 6.34. The SMILES string of the molecule is CCCCCCCCCCCC(=O)NC1=C/C(=C/C=C2/C(=O)C(/C=C/c3sc(C)nc3C)=C2O)C(NC(=O)CCCCCCCCCCC)=CC1=O. The van der Waals surface area contributed by atoms with Crippen molar-refractivity contribution in [3.63, 3.8) is 0 Å². The molecule has 0 saturated carbocycles. The summed E-state index contributed by atoms with van der Waals surface area (Å²) in [6.07, 6.45) is 30.5. The first-order valence-corrected chi connectivity index (χ1v) is 20.6. The van der Waals surface area contributed by atoms with Crippen LogP contribution in [0, 0.1) is 13.8 Å². The van der Waals surface area contributed by atoms with Gasteiger partial charge in [-0.05, 0) is 51.0 Å². The van der Waals surface area contributed by atoms with Crippen LogP contribution in [0.1, 0.15) is 158 Å². The second-order valence-corrected chi connectivity index (χ2v) is 15.3. The second-order valence-electron chi connectivity index (χ2n) is 14.0. The first-order valence-electron chi connectivity index (χ1n) is 19.7. The smallest absolute Gasteiger partial charge is 0.224 e. The number of Topliss-reactive ketones (excluding diaryl/α,β-unsaturated/α-hetero) is 1. The third-order valence-electron chi connectivity index (χ3n) is 9.48. The van der Waals surface area contributed by atoms with Gasteiger partial charge >= 0.3 is 0 Å². The maximum Gasteiger partial charge on any atom is 0.224 e. The second kappa shape index (κ2) is 23.7. The standard InChI is InChI=1S/C43H61N3O5S/c1-5-7-9-11-13-15-17-19-21-23-40(48)45-36-30-38(47)37(46-41(49)24-22-20-18-16-14-12-10-8-6-2)29-33(36)25-26-34-42(50)35(43(34)51)27-28-39-31(3)44-32(4)52-39/h25-30,50H,5-24H2,1-4H3,(H,45,48)(H,46,49)/b28-27+,33-25-,34-26+. The first-order chi connectivity index (χ1) is 25.1. The van der Waals surface area contributed by atoms with E-state index in [-0.39, 0.29) is 40.2 Å². The molecule has 0 unspecified atom stereocenters. The molecule has 3 N–H and O–H groups in total. The number of allylic oxidation sites excluding steroid dienone is 7. The minimum Gasteiger partial charge on any atom is -0.506 e. The lowest BCUT2D eigenvalue weighted by atomic mass is 9.87. The highest BCUT2D eigenvalue weighted by atomic mass is 32.1. The van der Waals surface area contributed by atoms with E-state index in [9.17, 15) is 24.3 Å². The van der Waals surface area contributed by atoms with E-state index in [0.29, 0.717) is 24.1 Å². The van der Waals surface area contributed by atoms with Crippen LogP contribution in [0.15, 0.2) is 64.3 Å². The monoisotopic (exact) mass is 731 g/mol. The van der Waals surface area contributed by atoms with E-state index in [1.807, 2.05) is 13.8 Å². The summed E-state index contributed by atoms with van der Waals surface area (Å²) in [4.78, 5) is 57.1. The number of aromatic nitrogens is 1. The lowest BCUT2D eigenvalue weighted by Gasteiger charge is -2.20. The molecule has 0 aliphatic heterocycles. The van der Waals surface area contributed by atoms with Crippen molar-refractivity contribution in [2.75, 3.05) is 0 Å². The summed E-state index contributed by atoms with van der Waals surface area (Å²) in [5.74, 6) is -1.27. The van der Waals surface area contributed by atoms with Gasteiger partial charge in [0.15, 0.2) is 0 Å². The highest BCUT2D eigenvalue weighted by Crippen LogP contribution is 2.31. The molecular formula is C43H61N3O5S. The van der Waals surface area contributed by atoms with Gasteiger partial charge in [0.25, 0.3) is 0 Å². The van der Waals surface area contributed by atoms with Gasteiger partial charge in [-0.1, -0.05) is 123 Å². The van der Waals surface area contributed by atoms with Gasteiger partial charge in [-0.15, -0.1) is 11.3 Å². The van der Waals surface area contributed by atoms with Crippen molar-refractivity contribution in [3.05, 3.63) is 79.8 Å². The normalized spacial score (nSPS) is 16.2. The minimum absolute atomic E-state index is 0.112. The largest absolute Gasteiger partial charge is 0.506 e. The minimum atomic E-state index is -0.410. The molecule has 2 amide bonds. The highest BCUT2D eigenvalue weighted by Gasteiger charge is 2.31. The predicted octanol–water partition coefficient (Wildman–Crippen LogP) is 10.4. The third kappa shape index (κ3) is 14.6. The molecule has 284 valence electrons. The Morgan fingerprint density at radius 2 is 1.19 bits per heavy atom. The lowest BCUT2D eigenvalue weighted by molar-refractivity contribution is -0.122. The number of aryl methyl sites for hydroxylation is 2. The summed E-state index contributed by atoms with van der Waals surface area (Å²) in [5, 5.41) is 17.3. The molecule has 1 heterocycles. The number of nitrogens with one attached hydrogen (secondary N) is 2. The van der Waals surface area contributed by atoms with Crippen LogP contribution in [0.2, 0.25) is 0 Å². The quantitative estimate of drug-likeness (QED) is 0.0679. The van der Waals surface area contributed by atoms with Crippen LogP contribution in [0.3, 0.4) is 0 Å². The van der Waals surface area contributed by atoms with Crippen molar-refractivity contribution in [2.24, 2.45) is 0 Å². The fraction of sp³-hybridized carbons (Fsp3) is 0.558. The van der Waals surface area contributed by atoms with Crippen molar-refractivity contribution in [1.82, 2.24) is 15.6 Å². The van der Waals surface area contributed by atoms with Gasteiger partial charge in [-0.3, -0.25) is 19.2 Å². The van der Waals surface area contributed by atoms with Gasteiger partial charge in [0.2, 0.25) is 23.4 Å². The summed E-state index contributed by atoms with van der Waals surface area (Å²) < 4.78 is 0. The van der Waals surface area contributed by atoms with E-state index in [2.05, 4.69) is 29.5 Å². The van der Waals surface area contributed by atoms with Crippen LogP contribution >= 0.6 is 11.3 Å². The Kier molecular flexibility index (Phi) is 19.4. The van der Waals surface area contributed by atoms with Crippen LogP contribution in [-0.2, 0) is 19.2 Å². The Bertz CT molecular complexity index is 1570. The number of carbonyl (C=O) groups is 4. The maximum atomic E-state index is 13.1. The molecule has 1 aromatic rings. The van der Waals surface area contributed by atoms with Crippen molar-refractivity contribution in [3.8, 4) is 0 Å². The average molecular weight is 732 g/mol. The molecule has 8 nitrogen and oxygen atoms in total. The van der Waals surface area contributed by atoms with Gasteiger partial charge in [0.1, 0.15) is 5.76 Å². The zero-order chi connectivity index (χ0) is 37.7. The molecule has 0 radical (unpaired) electrons. The molecule has 2 aliphatic rings. The maximum absolute atomic E-state index is 13.1. The number of ketones is 2. The van der Waals surface area contributed by atoms with Crippen LogP contribution in [-0.4, -0.2) is 33.5 Å². The molecule has 52 heavy (non-hydrogen) atoms. The number of rotatable bonds is 25. The van der Waals surface area contributed by atoms with Crippen LogP contribution in [0.5, 0.6) is 0 Å². The third-order valence-corrected chi connectivity index (χ3v) is 10.5. The van der Waals surface area contributed by atoms with Crippen molar-refractivity contribution >= 4 is 40.8 Å². The summed E-state index contributed by atoms with van der Waals surface area (Å²) in [6.45, 7) is 8.24. The van der Waals surface area contributed by atoms with E-state index in [4.69, 9.17) is 0 Å². The van der Waals surface area contributed by atoms with Crippen molar-refractivity contribution in [2.45, 2.75) is 156 Å². The Hall–Kier alpha value is -3.85. The van der Waals surface area contributed by atoms with Crippen molar-refractivity contribution < 1.29 is 24.3 Å². The topological polar surface area (TPSA) is 125 Å². The Morgan fingerprint density at radius 3 is 1.67 bits per heavy atom. The van der Waals surface area contributed by atoms with Gasteiger partial charge in [-0.25, -0.2) is 4.98 Å². The number of aliphatic hydroxyl groups is 1. The van der Waals surface area contributed by atoms with Crippen LogP contribution < -0.4 is 10.6 Å². The zero-order valence-electron chi connectivity index (χ0n) is 32.0. The highest BCUT2D eigenvalue weighted by molar-refractivity contribution is 7.12. The number of aliphatic hydroxyl groups excluding tert-OH is 1. The van der Waals surface area contributed by atoms with E-state index in [1.165, 1.54) is 107 Å². The number of nitrogens with zero attached hydrogens (tertiary/aromatic N) is 1. The molecular weight excluding hydrogens is 671 g/mol. The Morgan fingerprint density at radius 1 is 0.692 bits per heavy atom. The number of hydrogen-bond donors (Lipinski definition) is 3. The molecule has 1 aromatic heterocycles. The molecule has 0 atom stereocenters. The summed E-state index contributed by atoms with van der Waals surface area (Å²) in [5.41, 5.74) is 2.06. The van der Waals surface area contributed by atoms with Crippen LogP contribution in [0.4, 0.5) is 0 Å². The summed E-state index contributed by atoms with van der Waals surface area (Å²) in [7, 11) is 0. The van der Waals surface area contributed by atoms with Gasteiger partial charge in [-0.2, -0.15) is 0 Å². The molecule has 0 spiro atoms. The Labute approximate surface area is 315 Å². The van der Waals surface area contributed by atoms with Gasteiger partial charge in [0, 0.05) is 24.5 Å². The Balaban J connectivity index is 1.64. The fourth-order valence-corrected chi connectivity index (χ4v) is 7.17. The predicted molar refractivity (Wildman–Crippen MR) is 213 cm³/mol. The van der Waals surface area contributed by atoms with E-state index in [1.54, 1.807) is 18.2 Å². The molecule has 0 bridgehead atoms. The van der Waals surface area contributed by atoms with E-state index >= 15 is 0 Å². The summed E-state index contributed by atoms with van der Waals surface area (Å²) >= 11 is 1.51. The molecule has 0 saturated heterocycles. The number of amides is 2. The number of thiazole rings is 1. The van der Waals surface area contributed by atoms with Crippen molar-refractivity contribution in [1.29, 1.82) is 0 Å². The molecule has 2 aliphatic carbocycles. The van der Waals surface area contributed by atoms with E-state index < -0.39 is 5.78 Å². The molecule has 9 heteroatoms. The molecule has 3 rings (SSSR count). The summed E-state index contributed by atoms with van der Waals surface area (Å²) in [6, 6.07) is 0. The van der Waals surface area contributed by atoms with Gasteiger partial charge in [0.05, 0.1) is 38.1 Å². The number of unbranched alkanes of at least 4 members (excludes halogenated alkanes) is 16. The zero-order valence-corrected chi connectivity index (χ0v) is 32.9. The molecule has 0 fully saturated rings. The van der Waals surface area contributed by atoms with Crippen LogP contribution in [0.25, 0.3) is 6.08 Å². The average Bonchev–Trinajstić information content (AvgIpc) is 3.44. The lowest BCUT2D eigenvalue weighted by Crippen LogP contribution is -2.31. The van der Waals surface area contributed by atoms with E-state index in [0.717, 1.165) is 54.1 Å². The number of carbonyl (C=O) groups excluding carboxylic acids is 4. The first kappa shape index (κ1) is 42.6. The van der Waals surface area contributed by atoms with Gasteiger partial charge < -0.3 is 15.7 Å². The number of hydrogen-bond acceptors (Lipinski definition) is 7. The molecule has 0 aromatic carbocycles.